The quantitative estimate of drug-likeness (QED) is 0.500. The number of carbonyl (C=O) groups is 1. The molecule has 8 heteroatoms. The third kappa shape index (κ3) is 4.85. The summed E-state index contributed by atoms with van der Waals surface area (Å²) in [4.78, 5) is 25.0. The standard InChI is InChI=1S/C24H29N3O5/c1-7-31-22(28)24(4,5)32-21-16(2)12-18(13-17(21)3)14-27-23(29)26(15-25-27)19-8-10-20(30-6)11-9-19/h8-13,15H,7,14H2,1-6H3. The molecule has 0 aliphatic rings. The number of esters is 1. The number of benzene rings is 2. The molecule has 0 radical (unpaired) electrons. The summed E-state index contributed by atoms with van der Waals surface area (Å²) >= 11 is 0. The number of methoxy groups -OCH3 is 1. The first-order valence-electron chi connectivity index (χ1n) is 10.4. The molecule has 0 fully saturated rings. The van der Waals surface area contributed by atoms with Gasteiger partial charge < -0.3 is 14.2 Å². The van der Waals surface area contributed by atoms with Crippen LogP contribution in [0.2, 0.25) is 0 Å². The zero-order valence-corrected chi connectivity index (χ0v) is 19.3. The molecule has 0 atom stereocenters. The number of aryl methyl sites for hydroxylation is 2. The van der Waals surface area contributed by atoms with E-state index in [9.17, 15) is 9.59 Å². The molecular formula is C24H29N3O5. The van der Waals surface area contributed by atoms with Crippen LogP contribution in [0.4, 0.5) is 0 Å². The normalized spacial score (nSPS) is 11.3. The second-order valence-corrected chi connectivity index (χ2v) is 8.03. The SMILES string of the molecule is CCOC(=O)C(C)(C)Oc1c(C)cc(Cn2ncn(-c3ccc(OC)cc3)c2=O)cc1C. The van der Waals surface area contributed by atoms with E-state index in [2.05, 4.69) is 5.10 Å². The van der Waals surface area contributed by atoms with Crippen LogP contribution >= 0.6 is 0 Å². The van der Waals surface area contributed by atoms with Crippen LogP contribution in [0.15, 0.2) is 47.5 Å². The van der Waals surface area contributed by atoms with E-state index in [0.717, 1.165) is 16.7 Å². The number of rotatable bonds is 8. The lowest BCUT2D eigenvalue weighted by molar-refractivity contribution is -0.158. The summed E-state index contributed by atoms with van der Waals surface area (Å²) in [6.07, 6.45) is 1.50. The van der Waals surface area contributed by atoms with Gasteiger partial charge in [0.25, 0.3) is 0 Å². The number of aromatic nitrogens is 3. The molecular weight excluding hydrogens is 410 g/mol. The van der Waals surface area contributed by atoms with E-state index < -0.39 is 11.6 Å². The molecule has 1 heterocycles. The highest BCUT2D eigenvalue weighted by atomic mass is 16.6. The van der Waals surface area contributed by atoms with Gasteiger partial charge in [-0.3, -0.25) is 0 Å². The molecule has 0 aliphatic heterocycles. The average Bonchev–Trinajstić information content (AvgIpc) is 3.11. The van der Waals surface area contributed by atoms with Crippen molar-refractivity contribution in [2.45, 2.75) is 46.8 Å². The van der Waals surface area contributed by atoms with Gasteiger partial charge in [-0.15, -0.1) is 0 Å². The van der Waals surface area contributed by atoms with Crippen LogP contribution in [0, 0.1) is 13.8 Å². The Morgan fingerprint density at radius 3 is 2.28 bits per heavy atom. The molecule has 170 valence electrons. The molecule has 0 saturated heterocycles. The molecule has 8 nitrogen and oxygen atoms in total. The number of carbonyl (C=O) groups excluding carboxylic acids is 1. The molecule has 0 saturated carbocycles. The van der Waals surface area contributed by atoms with Crippen molar-refractivity contribution in [1.82, 2.24) is 14.3 Å². The van der Waals surface area contributed by atoms with Gasteiger partial charge in [0, 0.05) is 0 Å². The minimum Gasteiger partial charge on any atom is -0.497 e. The summed E-state index contributed by atoms with van der Waals surface area (Å²) in [6, 6.07) is 11.1. The van der Waals surface area contributed by atoms with E-state index in [0.29, 0.717) is 30.3 Å². The van der Waals surface area contributed by atoms with Gasteiger partial charge in [-0.05, 0) is 75.6 Å². The lowest BCUT2D eigenvalue weighted by Gasteiger charge is -2.26. The molecule has 0 aliphatic carbocycles. The Kier molecular flexibility index (Phi) is 6.72. The minimum absolute atomic E-state index is 0.241. The molecule has 1 aromatic heterocycles. The third-order valence-corrected chi connectivity index (χ3v) is 5.06. The van der Waals surface area contributed by atoms with Gasteiger partial charge in [-0.1, -0.05) is 12.1 Å². The fourth-order valence-electron chi connectivity index (χ4n) is 3.43. The predicted molar refractivity (Wildman–Crippen MR) is 121 cm³/mol. The van der Waals surface area contributed by atoms with Gasteiger partial charge in [-0.2, -0.15) is 5.10 Å². The van der Waals surface area contributed by atoms with Crippen LogP contribution in [0.25, 0.3) is 5.69 Å². The Morgan fingerprint density at radius 2 is 1.72 bits per heavy atom. The van der Waals surface area contributed by atoms with Crippen LogP contribution < -0.4 is 15.2 Å². The van der Waals surface area contributed by atoms with Gasteiger partial charge >= 0.3 is 11.7 Å². The van der Waals surface area contributed by atoms with Crippen molar-refractivity contribution in [3.8, 4) is 17.2 Å². The van der Waals surface area contributed by atoms with Crippen LogP contribution in [-0.4, -0.2) is 39.6 Å². The number of ether oxygens (including phenoxy) is 3. The first-order valence-corrected chi connectivity index (χ1v) is 10.4. The van der Waals surface area contributed by atoms with E-state index in [1.54, 1.807) is 52.1 Å². The van der Waals surface area contributed by atoms with Crippen molar-refractivity contribution in [1.29, 1.82) is 0 Å². The highest BCUT2D eigenvalue weighted by molar-refractivity contribution is 5.79. The first kappa shape index (κ1) is 23.1. The molecule has 3 rings (SSSR count). The molecule has 32 heavy (non-hydrogen) atoms. The zero-order valence-electron chi connectivity index (χ0n) is 19.3. The van der Waals surface area contributed by atoms with Crippen molar-refractivity contribution in [3.05, 3.63) is 69.9 Å². The van der Waals surface area contributed by atoms with E-state index >= 15 is 0 Å². The molecule has 2 aromatic carbocycles. The van der Waals surface area contributed by atoms with Gasteiger partial charge in [0.05, 0.1) is 25.9 Å². The predicted octanol–water partition coefficient (Wildman–Crippen LogP) is 3.43. The smallest absolute Gasteiger partial charge is 0.350 e. The van der Waals surface area contributed by atoms with Crippen molar-refractivity contribution >= 4 is 5.97 Å². The summed E-state index contributed by atoms with van der Waals surface area (Å²) in [5, 5.41) is 4.26. The van der Waals surface area contributed by atoms with Gasteiger partial charge in [0.15, 0.2) is 5.60 Å². The maximum atomic E-state index is 12.8. The molecule has 0 N–H and O–H groups in total. The van der Waals surface area contributed by atoms with Crippen molar-refractivity contribution in [2.75, 3.05) is 13.7 Å². The summed E-state index contributed by atoms with van der Waals surface area (Å²) in [6.45, 7) is 9.55. The summed E-state index contributed by atoms with van der Waals surface area (Å²) in [7, 11) is 1.59. The fourth-order valence-corrected chi connectivity index (χ4v) is 3.43. The fraction of sp³-hybridized carbons (Fsp3) is 0.375. The zero-order chi connectivity index (χ0) is 23.5. The van der Waals surface area contributed by atoms with E-state index in [1.807, 2.05) is 26.0 Å². The third-order valence-electron chi connectivity index (χ3n) is 5.06. The van der Waals surface area contributed by atoms with E-state index in [1.165, 1.54) is 15.6 Å². The molecule has 3 aromatic rings. The van der Waals surface area contributed by atoms with Gasteiger partial charge in [-0.25, -0.2) is 18.8 Å². The Bertz CT molecular complexity index is 1140. The summed E-state index contributed by atoms with van der Waals surface area (Å²) in [5.41, 5.74) is 1.98. The average molecular weight is 440 g/mol. The Balaban J connectivity index is 1.83. The summed E-state index contributed by atoms with van der Waals surface area (Å²) in [5.74, 6) is 0.926. The molecule has 0 bridgehead atoms. The highest BCUT2D eigenvalue weighted by Gasteiger charge is 2.32. The van der Waals surface area contributed by atoms with E-state index in [4.69, 9.17) is 14.2 Å². The molecule has 0 spiro atoms. The van der Waals surface area contributed by atoms with Gasteiger partial charge in [0.2, 0.25) is 0 Å². The largest absolute Gasteiger partial charge is 0.497 e. The maximum Gasteiger partial charge on any atom is 0.350 e. The highest BCUT2D eigenvalue weighted by Crippen LogP contribution is 2.29. The topological polar surface area (TPSA) is 84.6 Å². The van der Waals surface area contributed by atoms with Crippen molar-refractivity contribution < 1.29 is 19.0 Å². The van der Waals surface area contributed by atoms with Crippen molar-refractivity contribution in [2.24, 2.45) is 0 Å². The second kappa shape index (κ2) is 9.30. The lowest BCUT2D eigenvalue weighted by atomic mass is 10.0. The van der Waals surface area contributed by atoms with Crippen LogP contribution in [0.1, 0.15) is 37.5 Å². The maximum absolute atomic E-state index is 12.8. The number of nitrogens with zero attached hydrogens (tertiary/aromatic N) is 3. The Labute approximate surface area is 187 Å². The van der Waals surface area contributed by atoms with Crippen molar-refractivity contribution in [3.63, 3.8) is 0 Å². The summed E-state index contributed by atoms with van der Waals surface area (Å²) < 4.78 is 19.2. The molecule has 0 unspecified atom stereocenters. The second-order valence-electron chi connectivity index (χ2n) is 8.03. The van der Waals surface area contributed by atoms with Crippen LogP contribution in [-0.2, 0) is 16.1 Å². The number of hydrogen-bond acceptors (Lipinski definition) is 6. The first-order chi connectivity index (χ1) is 15.2. The van der Waals surface area contributed by atoms with E-state index in [-0.39, 0.29) is 5.69 Å². The van der Waals surface area contributed by atoms with Crippen LogP contribution in [0.5, 0.6) is 11.5 Å². The Hall–Kier alpha value is -3.55. The Morgan fingerprint density at radius 1 is 1.09 bits per heavy atom. The van der Waals surface area contributed by atoms with Crippen LogP contribution in [0.3, 0.4) is 0 Å². The monoisotopic (exact) mass is 439 g/mol. The minimum atomic E-state index is -1.11. The van der Waals surface area contributed by atoms with Gasteiger partial charge in [0.1, 0.15) is 17.8 Å². The lowest BCUT2D eigenvalue weighted by Crippen LogP contribution is -2.40. The molecule has 0 amide bonds. The number of hydrogen-bond donors (Lipinski definition) is 0.